The minimum absolute atomic E-state index is 0.136. The van der Waals surface area contributed by atoms with E-state index >= 15 is 0 Å². The van der Waals surface area contributed by atoms with Gasteiger partial charge in [0.2, 0.25) is 11.9 Å². The van der Waals surface area contributed by atoms with E-state index in [1.807, 2.05) is 24.2 Å². The summed E-state index contributed by atoms with van der Waals surface area (Å²) in [5.41, 5.74) is 1.07. The third-order valence-corrected chi connectivity index (χ3v) is 7.78. The summed E-state index contributed by atoms with van der Waals surface area (Å²) in [6.45, 7) is 10.5. The number of carbonyl (C=O) groups excluding carboxylic acids is 1. The molecule has 4 rings (SSSR count). The topological polar surface area (TPSA) is 64.6 Å². The van der Waals surface area contributed by atoms with Gasteiger partial charge in [-0.15, -0.1) is 0 Å². The number of thioether (sulfide) groups is 1. The molecule has 0 spiro atoms. The van der Waals surface area contributed by atoms with Crippen molar-refractivity contribution in [2.24, 2.45) is 11.8 Å². The summed E-state index contributed by atoms with van der Waals surface area (Å²) < 4.78 is 0. The highest BCUT2D eigenvalue weighted by molar-refractivity contribution is 7.99. The largest absolute Gasteiger partial charge is 0.369 e. The van der Waals surface area contributed by atoms with E-state index in [0.29, 0.717) is 0 Å². The molecule has 31 heavy (non-hydrogen) atoms. The highest BCUT2D eigenvalue weighted by Crippen LogP contribution is 2.24. The van der Waals surface area contributed by atoms with E-state index in [0.717, 1.165) is 87.6 Å². The van der Waals surface area contributed by atoms with Gasteiger partial charge in [-0.1, -0.05) is 6.92 Å². The summed E-state index contributed by atoms with van der Waals surface area (Å²) >= 11 is 1.99. The van der Waals surface area contributed by atoms with Gasteiger partial charge in [-0.2, -0.15) is 11.8 Å². The van der Waals surface area contributed by atoms with Gasteiger partial charge in [0.05, 0.1) is 18.1 Å². The second kappa shape index (κ2) is 11.4. The SMILES string of the molecule is CC1CCCN(CCCNC(=O)C2CCN(c3cnc(N4CCSCC4)nc3)CC2)C1. The van der Waals surface area contributed by atoms with Gasteiger partial charge in [0.25, 0.3) is 0 Å². The van der Waals surface area contributed by atoms with Gasteiger partial charge < -0.3 is 20.0 Å². The van der Waals surface area contributed by atoms with E-state index < -0.39 is 0 Å². The monoisotopic (exact) mass is 446 g/mol. The van der Waals surface area contributed by atoms with Crippen LogP contribution in [0.3, 0.4) is 0 Å². The number of carbonyl (C=O) groups is 1. The van der Waals surface area contributed by atoms with Crippen molar-refractivity contribution in [3.63, 3.8) is 0 Å². The van der Waals surface area contributed by atoms with Crippen LogP contribution in [0.25, 0.3) is 0 Å². The number of aromatic nitrogens is 2. The molecule has 0 radical (unpaired) electrons. The molecule has 7 nitrogen and oxygen atoms in total. The van der Waals surface area contributed by atoms with Crippen molar-refractivity contribution in [1.82, 2.24) is 20.2 Å². The fraction of sp³-hybridized carbons (Fsp3) is 0.783. The van der Waals surface area contributed by atoms with Crippen LogP contribution in [0.15, 0.2) is 12.4 Å². The van der Waals surface area contributed by atoms with Crippen LogP contribution in [0.1, 0.15) is 39.0 Å². The summed E-state index contributed by atoms with van der Waals surface area (Å²) in [6, 6.07) is 0. The summed E-state index contributed by atoms with van der Waals surface area (Å²) in [6.07, 6.45) is 9.44. The van der Waals surface area contributed by atoms with Crippen LogP contribution in [0.4, 0.5) is 11.6 Å². The maximum absolute atomic E-state index is 12.6. The van der Waals surface area contributed by atoms with Crippen molar-refractivity contribution >= 4 is 29.3 Å². The van der Waals surface area contributed by atoms with E-state index in [-0.39, 0.29) is 11.8 Å². The Balaban J connectivity index is 1.15. The van der Waals surface area contributed by atoms with Crippen LogP contribution in [-0.2, 0) is 4.79 Å². The summed E-state index contributed by atoms with van der Waals surface area (Å²) in [5.74, 6) is 4.34. The van der Waals surface area contributed by atoms with Crippen LogP contribution in [-0.4, -0.2) is 84.6 Å². The zero-order valence-corrected chi connectivity index (χ0v) is 19.8. The predicted molar refractivity (Wildman–Crippen MR) is 129 cm³/mol. The van der Waals surface area contributed by atoms with Gasteiger partial charge in [-0.3, -0.25) is 4.79 Å². The Hall–Kier alpha value is -1.54. The third kappa shape index (κ3) is 6.48. The lowest BCUT2D eigenvalue weighted by molar-refractivity contribution is -0.125. The van der Waals surface area contributed by atoms with Crippen LogP contribution in [0.5, 0.6) is 0 Å². The summed E-state index contributed by atoms with van der Waals surface area (Å²) in [5, 5.41) is 3.19. The first-order chi connectivity index (χ1) is 15.2. The Labute approximate surface area is 191 Å². The van der Waals surface area contributed by atoms with Crippen molar-refractivity contribution in [2.45, 2.75) is 39.0 Å². The van der Waals surface area contributed by atoms with Crippen molar-refractivity contribution in [2.75, 3.05) is 73.7 Å². The molecule has 4 heterocycles. The van der Waals surface area contributed by atoms with E-state index in [1.165, 1.54) is 25.9 Å². The number of likely N-dealkylation sites (tertiary alicyclic amines) is 1. The Morgan fingerprint density at radius 1 is 1.06 bits per heavy atom. The van der Waals surface area contributed by atoms with E-state index in [2.05, 4.69) is 36.9 Å². The average molecular weight is 447 g/mol. The van der Waals surface area contributed by atoms with E-state index in [4.69, 9.17) is 0 Å². The molecule has 0 saturated carbocycles. The molecule has 0 bridgehead atoms. The van der Waals surface area contributed by atoms with Crippen LogP contribution >= 0.6 is 11.8 Å². The second-order valence-corrected chi connectivity index (χ2v) is 10.5. The van der Waals surface area contributed by atoms with Crippen molar-refractivity contribution < 1.29 is 4.79 Å². The minimum Gasteiger partial charge on any atom is -0.369 e. The van der Waals surface area contributed by atoms with Crippen molar-refractivity contribution in [3.8, 4) is 0 Å². The standard InChI is InChI=1S/C23H38N6OS/c1-19-4-2-8-27(18-19)9-3-7-24-22(30)20-5-10-28(11-6-20)21-16-25-23(26-17-21)29-12-14-31-15-13-29/h16-17,19-20H,2-15,18H2,1H3,(H,24,30). The fourth-order valence-corrected chi connectivity index (χ4v) is 5.86. The lowest BCUT2D eigenvalue weighted by Gasteiger charge is -2.33. The quantitative estimate of drug-likeness (QED) is 0.646. The molecule has 1 aromatic rings. The maximum Gasteiger partial charge on any atom is 0.225 e. The van der Waals surface area contributed by atoms with Gasteiger partial charge in [0.1, 0.15) is 0 Å². The first-order valence-electron chi connectivity index (χ1n) is 12.1. The Kier molecular flexibility index (Phi) is 8.30. The lowest BCUT2D eigenvalue weighted by atomic mass is 9.95. The molecule has 1 unspecified atom stereocenters. The highest BCUT2D eigenvalue weighted by atomic mass is 32.2. The molecule has 1 aromatic heterocycles. The molecule has 3 saturated heterocycles. The summed E-state index contributed by atoms with van der Waals surface area (Å²) in [4.78, 5) is 28.9. The van der Waals surface area contributed by atoms with Crippen LogP contribution < -0.4 is 15.1 Å². The summed E-state index contributed by atoms with van der Waals surface area (Å²) in [7, 11) is 0. The Morgan fingerprint density at radius 2 is 1.81 bits per heavy atom. The number of amides is 1. The molecular formula is C23H38N6OS. The van der Waals surface area contributed by atoms with Crippen molar-refractivity contribution in [1.29, 1.82) is 0 Å². The number of rotatable bonds is 7. The highest BCUT2D eigenvalue weighted by Gasteiger charge is 2.25. The molecule has 8 heteroatoms. The second-order valence-electron chi connectivity index (χ2n) is 9.29. The molecule has 0 aliphatic carbocycles. The molecule has 1 N–H and O–H groups in total. The number of hydrogen-bond acceptors (Lipinski definition) is 7. The van der Waals surface area contributed by atoms with Gasteiger partial charge in [-0.25, -0.2) is 9.97 Å². The maximum atomic E-state index is 12.6. The van der Waals surface area contributed by atoms with E-state index in [1.54, 1.807) is 0 Å². The zero-order valence-electron chi connectivity index (χ0n) is 19.0. The first-order valence-corrected chi connectivity index (χ1v) is 13.2. The molecule has 3 fully saturated rings. The lowest BCUT2D eigenvalue weighted by Crippen LogP contribution is -2.41. The van der Waals surface area contributed by atoms with Gasteiger partial charge >= 0.3 is 0 Å². The predicted octanol–water partition coefficient (Wildman–Crippen LogP) is 2.48. The number of hydrogen-bond donors (Lipinski definition) is 1. The van der Waals surface area contributed by atoms with Crippen molar-refractivity contribution in [3.05, 3.63) is 12.4 Å². The molecule has 3 aliphatic heterocycles. The number of piperidine rings is 2. The zero-order chi connectivity index (χ0) is 21.5. The third-order valence-electron chi connectivity index (χ3n) is 6.84. The number of nitrogens with zero attached hydrogens (tertiary/aromatic N) is 5. The normalized spacial score (nSPS) is 23.7. The number of anilines is 2. The minimum atomic E-state index is 0.136. The Bertz CT molecular complexity index is 688. The van der Waals surface area contributed by atoms with Crippen LogP contribution in [0, 0.1) is 11.8 Å². The molecular weight excluding hydrogens is 408 g/mol. The molecule has 3 aliphatic rings. The van der Waals surface area contributed by atoms with Crippen LogP contribution in [0.2, 0.25) is 0 Å². The van der Waals surface area contributed by atoms with Gasteiger partial charge in [0, 0.05) is 56.7 Å². The smallest absolute Gasteiger partial charge is 0.225 e. The molecule has 172 valence electrons. The molecule has 1 atom stereocenters. The fourth-order valence-electron chi connectivity index (χ4n) is 4.95. The first kappa shape index (κ1) is 22.6. The van der Waals surface area contributed by atoms with Gasteiger partial charge in [0.15, 0.2) is 0 Å². The molecule has 0 aromatic carbocycles. The number of nitrogens with one attached hydrogen (secondary N) is 1. The Morgan fingerprint density at radius 3 is 2.52 bits per heavy atom. The van der Waals surface area contributed by atoms with Gasteiger partial charge in [-0.05, 0) is 51.1 Å². The average Bonchev–Trinajstić information content (AvgIpc) is 2.82. The molecule has 1 amide bonds. The van der Waals surface area contributed by atoms with E-state index in [9.17, 15) is 4.79 Å².